The molecule has 1 saturated heterocycles. The van der Waals surface area contributed by atoms with Crippen LogP contribution in [0.2, 0.25) is 0 Å². The number of hydrogen-bond acceptors (Lipinski definition) is 3. The maximum atomic E-state index is 11.9. The number of carbonyl (C=O) groups excluding carboxylic acids is 2. The third-order valence-electron chi connectivity index (χ3n) is 3.61. The molecule has 1 saturated carbocycles. The molecular weight excluding hydrogens is 342 g/mol. The molecule has 0 N–H and O–H groups in total. The van der Waals surface area contributed by atoms with E-state index < -0.39 is 0 Å². The molecule has 0 spiro atoms. The van der Waals surface area contributed by atoms with E-state index in [0.717, 1.165) is 0 Å². The average Bonchev–Trinajstić information content (AvgIpc) is 2.23. The van der Waals surface area contributed by atoms with Gasteiger partial charge in [-0.25, -0.2) is 0 Å². The summed E-state index contributed by atoms with van der Waals surface area (Å²) in [5.41, 5.74) is 0. The molecule has 4 nitrogen and oxygen atoms in total. The van der Waals surface area contributed by atoms with Crippen LogP contribution < -0.4 is 0 Å². The molecule has 2 rings (SSSR count). The van der Waals surface area contributed by atoms with E-state index in [9.17, 15) is 9.59 Å². The summed E-state index contributed by atoms with van der Waals surface area (Å²) in [6.07, 6.45) is 0.613. The first-order chi connectivity index (χ1) is 7.49. The molecule has 0 aromatic rings. The van der Waals surface area contributed by atoms with Crippen molar-refractivity contribution in [3.63, 3.8) is 0 Å². The van der Waals surface area contributed by atoms with Crippen LogP contribution in [0.5, 0.6) is 0 Å². The highest BCUT2D eigenvalue weighted by molar-refractivity contribution is 9.12. The lowest BCUT2D eigenvalue weighted by molar-refractivity contribution is -0.165. The molecule has 16 heavy (non-hydrogen) atoms. The quantitative estimate of drug-likeness (QED) is 0.406. The molecule has 5 atom stereocenters. The first-order valence-corrected chi connectivity index (χ1v) is 6.94. The van der Waals surface area contributed by atoms with Crippen molar-refractivity contribution in [2.75, 3.05) is 14.2 Å². The van der Waals surface area contributed by atoms with E-state index in [4.69, 9.17) is 4.74 Å². The Morgan fingerprint density at radius 1 is 1.50 bits per heavy atom. The molecule has 0 bridgehead atoms. The van der Waals surface area contributed by atoms with E-state index in [1.807, 2.05) is 0 Å². The predicted octanol–water partition coefficient (Wildman–Crippen LogP) is 1.37. The van der Waals surface area contributed by atoms with E-state index in [2.05, 4.69) is 31.9 Å². The summed E-state index contributed by atoms with van der Waals surface area (Å²) in [7, 11) is 3.17. The number of hydrogen-bond donors (Lipinski definition) is 0. The highest BCUT2D eigenvalue weighted by Gasteiger charge is 2.58. The molecule has 1 heterocycles. The van der Waals surface area contributed by atoms with E-state index >= 15 is 0 Å². The van der Waals surface area contributed by atoms with E-state index in [-0.39, 0.29) is 39.4 Å². The number of halogens is 2. The van der Waals surface area contributed by atoms with Gasteiger partial charge in [0, 0.05) is 17.8 Å². The molecule has 0 aromatic heterocycles. The van der Waals surface area contributed by atoms with Crippen molar-refractivity contribution in [2.45, 2.75) is 16.2 Å². The first-order valence-electron chi connectivity index (χ1n) is 5.11. The van der Waals surface area contributed by atoms with Gasteiger partial charge >= 0.3 is 5.97 Å². The van der Waals surface area contributed by atoms with Crippen molar-refractivity contribution < 1.29 is 14.3 Å². The van der Waals surface area contributed by atoms with Gasteiger partial charge < -0.3 is 9.64 Å². The molecule has 1 aliphatic carbocycles. The number of methoxy groups -OCH3 is 1. The smallest absolute Gasteiger partial charge is 0.309 e. The summed E-state index contributed by atoms with van der Waals surface area (Å²) in [6.45, 7) is 0. The Hall–Kier alpha value is -0.100. The first kappa shape index (κ1) is 12.4. The summed E-state index contributed by atoms with van der Waals surface area (Å²) < 4.78 is 4.75. The summed E-state index contributed by atoms with van der Waals surface area (Å²) in [5.74, 6) is -0.213. The third-order valence-corrected chi connectivity index (χ3v) is 6.61. The monoisotopic (exact) mass is 353 g/mol. The van der Waals surface area contributed by atoms with Crippen LogP contribution >= 0.6 is 31.9 Å². The molecule has 2 aliphatic rings. The number of alkyl halides is 2. The number of fused-ring (bicyclic) bond motifs is 1. The van der Waals surface area contributed by atoms with Gasteiger partial charge in [0.1, 0.15) is 0 Å². The molecule has 2 fully saturated rings. The lowest BCUT2D eigenvalue weighted by Crippen LogP contribution is -2.62. The van der Waals surface area contributed by atoms with Gasteiger partial charge in [0.05, 0.1) is 18.0 Å². The van der Waals surface area contributed by atoms with Gasteiger partial charge in [-0.15, -0.1) is 0 Å². The minimum absolute atomic E-state index is 0.0349. The minimum Gasteiger partial charge on any atom is -0.469 e. The van der Waals surface area contributed by atoms with Crippen molar-refractivity contribution in [3.05, 3.63) is 0 Å². The Bertz CT molecular complexity index is 332. The van der Waals surface area contributed by atoms with E-state index in [0.29, 0.717) is 6.42 Å². The summed E-state index contributed by atoms with van der Waals surface area (Å²) >= 11 is 7.03. The van der Waals surface area contributed by atoms with Crippen LogP contribution in [-0.4, -0.2) is 40.7 Å². The van der Waals surface area contributed by atoms with E-state index in [1.54, 1.807) is 11.9 Å². The Kier molecular flexibility index (Phi) is 3.32. The Balaban J connectivity index is 2.17. The fraction of sp³-hybridized carbons (Fsp3) is 0.800. The van der Waals surface area contributed by atoms with Crippen LogP contribution in [0.1, 0.15) is 6.42 Å². The van der Waals surface area contributed by atoms with E-state index in [1.165, 1.54) is 7.11 Å². The molecule has 6 heteroatoms. The number of ether oxygens (including phenoxy) is 1. The maximum Gasteiger partial charge on any atom is 0.309 e. The van der Waals surface area contributed by atoms with Gasteiger partial charge in [0.15, 0.2) is 0 Å². The normalized spacial score (nSPS) is 42.4. The van der Waals surface area contributed by atoms with Crippen molar-refractivity contribution >= 4 is 43.7 Å². The molecule has 5 unspecified atom stereocenters. The molecule has 90 valence electrons. The van der Waals surface area contributed by atoms with Crippen LogP contribution in [-0.2, 0) is 14.3 Å². The molecular formula is C10H13Br2NO3. The van der Waals surface area contributed by atoms with Crippen molar-refractivity contribution in [1.29, 1.82) is 0 Å². The minimum atomic E-state index is -0.206. The predicted molar refractivity (Wildman–Crippen MR) is 65.3 cm³/mol. The zero-order valence-electron chi connectivity index (χ0n) is 9.02. The third kappa shape index (κ3) is 1.61. The summed E-state index contributed by atoms with van der Waals surface area (Å²) in [6, 6.07) is 0. The highest BCUT2D eigenvalue weighted by atomic mass is 79.9. The van der Waals surface area contributed by atoms with Gasteiger partial charge in [-0.05, 0) is 12.3 Å². The Morgan fingerprint density at radius 2 is 2.12 bits per heavy atom. The van der Waals surface area contributed by atoms with Crippen LogP contribution in [0, 0.1) is 17.8 Å². The molecule has 0 aromatic carbocycles. The number of nitrogens with zero attached hydrogens (tertiary/aromatic N) is 1. The van der Waals surface area contributed by atoms with Gasteiger partial charge in [-0.2, -0.15) is 0 Å². The number of rotatable bonds is 1. The summed E-state index contributed by atoms with van der Waals surface area (Å²) in [5, 5.41) is 0. The number of esters is 1. The van der Waals surface area contributed by atoms with Gasteiger partial charge in [0.25, 0.3) is 0 Å². The standard InChI is InChI=1S/C10H13Br2NO3/c1-13-8(12)7(11)6-4(9(13)14)3-5(6)10(15)16-2/h4-8H,3H2,1-2H3. The Morgan fingerprint density at radius 3 is 2.69 bits per heavy atom. The second-order valence-electron chi connectivity index (χ2n) is 4.32. The topological polar surface area (TPSA) is 46.6 Å². The fourth-order valence-corrected chi connectivity index (χ4v) is 4.21. The average molecular weight is 355 g/mol. The lowest BCUT2D eigenvalue weighted by Gasteiger charge is -2.52. The second kappa shape index (κ2) is 4.29. The van der Waals surface area contributed by atoms with Crippen LogP contribution in [0.15, 0.2) is 0 Å². The lowest BCUT2D eigenvalue weighted by atomic mass is 9.61. The Labute approximate surface area is 111 Å². The second-order valence-corrected chi connectivity index (χ2v) is 6.31. The van der Waals surface area contributed by atoms with Gasteiger partial charge in [-0.3, -0.25) is 9.59 Å². The fourth-order valence-electron chi connectivity index (χ4n) is 2.57. The maximum absolute atomic E-state index is 11.9. The van der Waals surface area contributed by atoms with Crippen molar-refractivity contribution in [1.82, 2.24) is 4.90 Å². The zero-order valence-corrected chi connectivity index (χ0v) is 12.2. The number of amides is 1. The van der Waals surface area contributed by atoms with Crippen LogP contribution in [0.25, 0.3) is 0 Å². The van der Waals surface area contributed by atoms with Crippen molar-refractivity contribution in [3.8, 4) is 0 Å². The largest absolute Gasteiger partial charge is 0.469 e. The van der Waals surface area contributed by atoms with Crippen molar-refractivity contribution in [2.24, 2.45) is 17.8 Å². The highest BCUT2D eigenvalue weighted by Crippen LogP contribution is 2.51. The molecule has 1 aliphatic heterocycles. The SMILES string of the molecule is COC(=O)C1CC2C(=O)N(C)C(Br)C(Br)C12. The van der Waals surface area contributed by atoms with Gasteiger partial charge in [0.2, 0.25) is 5.91 Å². The number of likely N-dealkylation sites (tertiary alicyclic amines) is 1. The van der Waals surface area contributed by atoms with Gasteiger partial charge in [-0.1, -0.05) is 31.9 Å². The van der Waals surface area contributed by atoms with Crippen LogP contribution in [0.3, 0.4) is 0 Å². The zero-order chi connectivity index (χ0) is 12.0. The van der Waals surface area contributed by atoms with Crippen LogP contribution in [0.4, 0.5) is 0 Å². The number of piperidine rings is 1. The number of carbonyl (C=O) groups is 2. The summed E-state index contributed by atoms with van der Waals surface area (Å²) in [4.78, 5) is 25.2. The molecule has 1 amide bonds. The molecule has 0 radical (unpaired) electrons.